The van der Waals surface area contributed by atoms with Crippen LogP contribution >= 0.6 is 0 Å². The molecule has 18 heavy (non-hydrogen) atoms. The van der Waals surface area contributed by atoms with E-state index in [1.54, 1.807) is 0 Å². The first kappa shape index (κ1) is 15.9. The summed E-state index contributed by atoms with van der Waals surface area (Å²) in [6.45, 7) is 8.15. The minimum absolute atomic E-state index is 0.191. The molecular formula is C14H30N2O2. The molecule has 0 saturated carbocycles. The van der Waals surface area contributed by atoms with Gasteiger partial charge in [-0.3, -0.25) is 0 Å². The van der Waals surface area contributed by atoms with Crippen molar-refractivity contribution in [2.45, 2.75) is 45.1 Å². The van der Waals surface area contributed by atoms with Crippen LogP contribution < -0.4 is 5.73 Å². The van der Waals surface area contributed by atoms with Crippen molar-refractivity contribution < 1.29 is 9.84 Å². The molecule has 3 N–H and O–H groups in total. The van der Waals surface area contributed by atoms with Crippen LogP contribution in [0.4, 0.5) is 0 Å². The van der Waals surface area contributed by atoms with Gasteiger partial charge < -0.3 is 20.5 Å². The summed E-state index contributed by atoms with van der Waals surface area (Å²) in [7, 11) is 2.09. The van der Waals surface area contributed by atoms with Gasteiger partial charge in [-0.25, -0.2) is 0 Å². The molecule has 1 heterocycles. The summed E-state index contributed by atoms with van der Waals surface area (Å²) in [6.07, 6.45) is 3.66. The van der Waals surface area contributed by atoms with Crippen molar-refractivity contribution >= 4 is 0 Å². The molecule has 1 saturated heterocycles. The highest BCUT2D eigenvalue weighted by Gasteiger charge is 2.33. The fourth-order valence-electron chi connectivity index (χ4n) is 2.87. The average Bonchev–Trinajstić information content (AvgIpc) is 2.36. The molecule has 1 aliphatic rings. The standard InChI is InChI=1S/C14H30N2O2/c1-4-13(5-2,10-15)11-16(3)12-14(17)6-8-18-9-7-14/h17H,4-12,15H2,1-3H3. The minimum Gasteiger partial charge on any atom is -0.388 e. The summed E-state index contributed by atoms with van der Waals surface area (Å²) in [5, 5.41) is 10.5. The summed E-state index contributed by atoms with van der Waals surface area (Å²) >= 11 is 0. The molecule has 1 fully saturated rings. The maximum absolute atomic E-state index is 10.5. The van der Waals surface area contributed by atoms with Gasteiger partial charge >= 0.3 is 0 Å². The number of nitrogens with two attached hydrogens (primary N) is 1. The first-order chi connectivity index (χ1) is 8.49. The van der Waals surface area contributed by atoms with E-state index >= 15 is 0 Å². The Balaban J connectivity index is 2.51. The lowest BCUT2D eigenvalue weighted by atomic mass is 9.81. The van der Waals surface area contributed by atoms with Crippen molar-refractivity contribution in [3.8, 4) is 0 Å². The molecule has 108 valence electrons. The van der Waals surface area contributed by atoms with Gasteiger partial charge in [0.25, 0.3) is 0 Å². The summed E-state index contributed by atoms with van der Waals surface area (Å²) < 4.78 is 5.31. The second-order valence-electron chi connectivity index (χ2n) is 5.92. The van der Waals surface area contributed by atoms with E-state index in [0.717, 1.165) is 38.8 Å². The van der Waals surface area contributed by atoms with Gasteiger partial charge in [-0.2, -0.15) is 0 Å². The molecule has 4 nitrogen and oxygen atoms in total. The Labute approximate surface area is 111 Å². The van der Waals surface area contributed by atoms with E-state index in [-0.39, 0.29) is 5.41 Å². The third-order valence-electron chi connectivity index (χ3n) is 4.53. The predicted octanol–water partition coefficient (Wildman–Crippen LogP) is 1.22. The number of ether oxygens (including phenoxy) is 1. The van der Waals surface area contributed by atoms with E-state index < -0.39 is 5.60 Å². The SMILES string of the molecule is CCC(CC)(CN)CN(C)CC1(O)CCOCC1. The highest BCUT2D eigenvalue weighted by atomic mass is 16.5. The Hall–Kier alpha value is -0.160. The molecule has 1 rings (SSSR count). The number of likely N-dealkylation sites (N-methyl/N-ethyl adjacent to an activating group) is 1. The van der Waals surface area contributed by atoms with Crippen LogP contribution in [0.15, 0.2) is 0 Å². The normalized spacial score (nSPS) is 20.3. The average molecular weight is 258 g/mol. The van der Waals surface area contributed by atoms with E-state index in [2.05, 4.69) is 25.8 Å². The molecule has 0 aliphatic carbocycles. The van der Waals surface area contributed by atoms with Crippen LogP contribution in [0, 0.1) is 5.41 Å². The van der Waals surface area contributed by atoms with Crippen molar-refractivity contribution in [1.82, 2.24) is 4.90 Å². The molecule has 0 spiro atoms. The molecule has 0 atom stereocenters. The lowest BCUT2D eigenvalue weighted by Crippen LogP contribution is -2.49. The molecule has 4 heteroatoms. The Kier molecular flexibility index (Phi) is 6.05. The zero-order chi connectivity index (χ0) is 13.6. The second-order valence-corrected chi connectivity index (χ2v) is 5.92. The van der Waals surface area contributed by atoms with Crippen molar-refractivity contribution in [3.63, 3.8) is 0 Å². The number of nitrogens with zero attached hydrogens (tertiary/aromatic N) is 1. The smallest absolute Gasteiger partial charge is 0.0817 e. The topological polar surface area (TPSA) is 58.7 Å². The summed E-state index contributed by atoms with van der Waals surface area (Å²) in [4.78, 5) is 2.24. The number of hydrogen-bond donors (Lipinski definition) is 2. The largest absolute Gasteiger partial charge is 0.388 e. The highest BCUT2D eigenvalue weighted by molar-refractivity contribution is 4.87. The molecule has 0 unspecified atom stereocenters. The van der Waals surface area contributed by atoms with Gasteiger partial charge in [-0.05, 0) is 31.8 Å². The summed E-state index contributed by atoms with van der Waals surface area (Å²) in [5.41, 5.74) is 5.55. The zero-order valence-electron chi connectivity index (χ0n) is 12.2. The molecule has 0 bridgehead atoms. The maximum Gasteiger partial charge on any atom is 0.0817 e. The Bertz CT molecular complexity index is 228. The molecular weight excluding hydrogens is 228 g/mol. The number of aliphatic hydroxyl groups is 1. The molecule has 0 radical (unpaired) electrons. The molecule has 0 aromatic rings. The third kappa shape index (κ3) is 4.19. The minimum atomic E-state index is -0.575. The van der Waals surface area contributed by atoms with E-state index in [1.165, 1.54) is 0 Å². The third-order valence-corrected chi connectivity index (χ3v) is 4.53. The van der Waals surface area contributed by atoms with E-state index in [4.69, 9.17) is 10.5 Å². The van der Waals surface area contributed by atoms with Crippen LogP contribution in [0.2, 0.25) is 0 Å². The monoisotopic (exact) mass is 258 g/mol. The predicted molar refractivity (Wildman–Crippen MR) is 74.6 cm³/mol. The zero-order valence-corrected chi connectivity index (χ0v) is 12.2. The summed E-state index contributed by atoms with van der Waals surface area (Å²) in [5.74, 6) is 0. The van der Waals surface area contributed by atoms with E-state index in [0.29, 0.717) is 19.8 Å². The van der Waals surface area contributed by atoms with Gasteiger partial charge in [0.05, 0.1) is 5.60 Å². The van der Waals surface area contributed by atoms with Gasteiger partial charge in [0, 0.05) is 39.1 Å². The van der Waals surface area contributed by atoms with Crippen molar-refractivity contribution in [3.05, 3.63) is 0 Å². The lowest BCUT2D eigenvalue weighted by molar-refractivity contribution is -0.0804. The molecule has 0 aromatic carbocycles. The first-order valence-corrected chi connectivity index (χ1v) is 7.18. The van der Waals surface area contributed by atoms with Gasteiger partial charge in [0.2, 0.25) is 0 Å². The quantitative estimate of drug-likeness (QED) is 0.721. The Morgan fingerprint density at radius 1 is 1.28 bits per heavy atom. The fourth-order valence-corrected chi connectivity index (χ4v) is 2.87. The lowest BCUT2D eigenvalue weighted by Gasteiger charge is -2.40. The Morgan fingerprint density at radius 3 is 2.28 bits per heavy atom. The van der Waals surface area contributed by atoms with E-state index in [9.17, 15) is 5.11 Å². The van der Waals surface area contributed by atoms with Gasteiger partial charge in [0.1, 0.15) is 0 Å². The van der Waals surface area contributed by atoms with Crippen LogP contribution in [0.25, 0.3) is 0 Å². The van der Waals surface area contributed by atoms with E-state index in [1.807, 2.05) is 0 Å². The second kappa shape index (κ2) is 6.85. The number of hydrogen-bond acceptors (Lipinski definition) is 4. The van der Waals surface area contributed by atoms with Crippen LogP contribution in [-0.2, 0) is 4.74 Å². The molecule has 0 aromatic heterocycles. The fraction of sp³-hybridized carbons (Fsp3) is 1.00. The van der Waals surface area contributed by atoms with Crippen molar-refractivity contribution in [2.75, 3.05) is 39.9 Å². The Morgan fingerprint density at radius 2 is 1.83 bits per heavy atom. The highest BCUT2D eigenvalue weighted by Crippen LogP contribution is 2.28. The van der Waals surface area contributed by atoms with Crippen molar-refractivity contribution in [2.24, 2.45) is 11.1 Å². The summed E-state index contributed by atoms with van der Waals surface area (Å²) in [6, 6.07) is 0. The van der Waals surface area contributed by atoms with Gasteiger partial charge in [-0.1, -0.05) is 13.8 Å². The maximum atomic E-state index is 10.5. The van der Waals surface area contributed by atoms with Crippen LogP contribution in [-0.4, -0.2) is 55.5 Å². The van der Waals surface area contributed by atoms with Gasteiger partial charge in [-0.15, -0.1) is 0 Å². The van der Waals surface area contributed by atoms with Crippen LogP contribution in [0.3, 0.4) is 0 Å². The molecule has 0 amide bonds. The molecule has 1 aliphatic heterocycles. The number of rotatable bonds is 7. The van der Waals surface area contributed by atoms with Crippen LogP contribution in [0.5, 0.6) is 0 Å². The van der Waals surface area contributed by atoms with Crippen LogP contribution in [0.1, 0.15) is 39.5 Å². The van der Waals surface area contributed by atoms with Gasteiger partial charge in [0.15, 0.2) is 0 Å². The van der Waals surface area contributed by atoms with Crippen molar-refractivity contribution in [1.29, 1.82) is 0 Å². The first-order valence-electron chi connectivity index (χ1n) is 7.18.